The number of anilines is 1. The van der Waals surface area contributed by atoms with Gasteiger partial charge in [0.25, 0.3) is 0 Å². The fraction of sp³-hybridized carbons (Fsp3) is 0.267. The zero-order valence-corrected chi connectivity index (χ0v) is 11.3. The molecule has 0 amide bonds. The van der Waals surface area contributed by atoms with E-state index in [0.717, 1.165) is 12.3 Å². The van der Waals surface area contributed by atoms with Gasteiger partial charge in [0.15, 0.2) is 0 Å². The van der Waals surface area contributed by atoms with Gasteiger partial charge in [-0.05, 0) is 30.7 Å². The molecule has 2 aromatic rings. The normalized spacial score (nSPS) is 13.0. The number of nitrogens with zero attached hydrogens (tertiary/aromatic N) is 1. The molecule has 0 aliphatic rings. The number of pyridine rings is 1. The first kappa shape index (κ1) is 15.3. The van der Waals surface area contributed by atoms with Crippen molar-refractivity contribution in [1.29, 1.82) is 0 Å². The van der Waals surface area contributed by atoms with Crippen LogP contribution in [0.1, 0.15) is 30.6 Å². The van der Waals surface area contributed by atoms with Crippen molar-refractivity contribution in [2.45, 2.75) is 25.6 Å². The minimum absolute atomic E-state index is 0.0111. The second-order valence-corrected chi connectivity index (χ2v) is 4.55. The average Bonchev–Trinajstić information content (AvgIpc) is 2.45. The molecular formula is C15H14F4N2. The molecule has 1 aromatic carbocycles. The maximum Gasteiger partial charge on any atom is 0.418 e. The summed E-state index contributed by atoms with van der Waals surface area (Å²) in [6.45, 7) is 1.82. The lowest BCUT2D eigenvalue weighted by molar-refractivity contribution is -0.137. The fourth-order valence-corrected chi connectivity index (χ4v) is 2.02. The van der Waals surface area contributed by atoms with Crippen molar-refractivity contribution in [3.63, 3.8) is 0 Å². The summed E-state index contributed by atoms with van der Waals surface area (Å²) in [5.41, 5.74) is -0.246. The molecular weight excluding hydrogens is 284 g/mol. The Hall–Kier alpha value is -2.11. The number of aromatic nitrogens is 1. The smallest absolute Gasteiger partial charge is 0.376 e. The number of para-hydroxylation sites is 1. The van der Waals surface area contributed by atoms with Crippen molar-refractivity contribution in [1.82, 2.24) is 4.98 Å². The van der Waals surface area contributed by atoms with E-state index in [4.69, 9.17) is 0 Å². The van der Waals surface area contributed by atoms with E-state index in [1.165, 1.54) is 30.3 Å². The number of benzene rings is 1. The van der Waals surface area contributed by atoms with Gasteiger partial charge in [-0.2, -0.15) is 13.2 Å². The van der Waals surface area contributed by atoms with E-state index in [2.05, 4.69) is 10.3 Å². The predicted octanol–water partition coefficient (Wildman–Crippen LogP) is 4.80. The highest BCUT2D eigenvalue weighted by Crippen LogP contribution is 2.36. The molecule has 112 valence electrons. The van der Waals surface area contributed by atoms with E-state index in [1.807, 2.05) is 6.92 Å². The number of nitrogens with one attached hydrogen (secondary N) is 1. The molecule has 0 saturated carbocycles. The van der Waals surface area contributed by atoms with Crippen LogP contribution >= 0.6 is 0 Å². The summed E-state index contributed by atoms with van der Waals surface area (Å²) < 4.78 is 51.7. The lowest BCUT2D eigenvalue weighted by Crippen LogP contribution is -2.15. The Morgan fingerprint density at radius 3 is 2.43 bits per heavy atom. The van der Waals surface area contributed by atoms with Crippen LogP contribution in [0.4, 0.5) is 23.2 Å². The maximum absolute atomic E-state index is 13.0. The quantitative estimate of drug-likeness (QED) is 0.820. The predicted molar refractivity (Wildman–Crippen MR) is 72.3 cm³/mol. The molecule has 0 fully saturated rings. The van der Waals surface area contributed by atoms with E-state index < -0.39 is 23.6 Å². The van der Waals surface area contributed by atoms with Gasteiger partial charge < -0.3 is 5.32 Å². The molecule has 21 heavy (non-hydrogen) atoms. The minimum atomic E-state index is -4.43. The summed E-state index contributed by atoms with van der Waals surface area (Å²) in [5, 5.41) is 2.83. The van der Waals surface area contributed by atoms with Gasteiger partial charge in [-0.15, -0.1) is 0 Å². The van der Waals surface area contributed by atoms with Crippen LogP contribution < -0.4 is 5.32 Å². The first-order chi connectivity index (χ1) is 9.91. The zero-order chi connectivity index (χ0) is 15.5. The van der Waals surface area contributed by atoms with Gasteiger partial charge in [-0.3, -0.25) is 4.98 Å². The zero-order valence-electron chi connectivity index (χ0n) is 11.3. The molecule has 0 spiro atoms. The number of halogens is 4. The van der Waals surface area contributed by atoms with Crippen LogP contribution in [-0.4, -0.2) is 4.98 Å². The monoisotopic (exact) mass is 298 g/mol. The Kier molecular flexibility index (Phi) is 4.45. The summed E-state index contributed by atoms with van der Waals surface area (Å²) in [7, 11) is 0. The van der Waals surface area contributed by atoms with Crippen LogP contribution in [0.3, 0.4) is 0 Å². The third-order valence-corrected chi connectivity index (χ3v) is 3.08. The van der Waals surface area contributed by atoms with Crippen LogP contribution in [0.15, 0.2) is 42.6 Å². The lowest BCUT2D eigenvalue weighted by atomic mass is 10.1. The van der Waals surface area contributed by atoms with Crippen LogP contribution in [-0.2, 0) is 6.18 Å². The molecule has 1 unspecified atom stereocenters. The largest absolute Gasteiger partial charge is 0.418 e. The van der Waals surface area contributed by atoms with Gasteiger partial charge in [0, 0.05) is 5.69 Å². The van der Waals surface area contributed by atoms with Gasteiger partial charge in [-0.1, -0.05) is 19.1 Å². The van der Waals surface area contributed by atoms with E-state index in [1.54, 1.807) is 0 Å². The molecule has 1 heterocycles. The Balaban J connectivity index is 2.29. The summed E-state index contributed by atoms with van der Waals surface area (Å²) in [6, 6.07) is 7.54. The Morgan fingerprint density at radius 1 is 1.14 bits per heavy atom. The van der Waals surface area contributed by atoms with Crippen molar-refractivity contribution >= 4 is 5.69 Å². The Bertz CT molecular complexity index is 593. The third kappa shape index (κ3) is 3.71. The van der Waals surface area contributed by atoms with Crippen molar-refractivity contribution in [2.24, 2.45) is 0 Å². The highest BCUT2D eigenvalue weighted by Gasteiger charge is 2.33. The van der Waals surface area contributed by atoms with Crippen molar-refractivity contribution in [3.05, 3.63) is 59.7 Å². The van der Waals surface area contributed by atoms with Gasteiger partial charge in [0.05, 0.1) is 23.5 Å². The molecule has 6 heteroatoms. The minimum Gasteiger partial charge on any atom is -0.376 e. The third-order valence-electron chi connectivity index (χ3n) is 3.08. The molecule has 0 saturated heterocycles. The van der Waals surface area contributed by atoms with Crippen LogP contribution in [0.5, 0.6) is 0 Å². The molecule has 2 nitrogen and oxygen atoms in total. The second kappa shape index (κ2) is 6.11. The molecule has 1 N–H and O–H groups in total. The molecule has 0 bridgehead atoms. The molecule has 0 radical (unpaired) electrons. The summed E-state index contributed by atoms with van der Waals surface area (Å²) >= 11 is 0. The fourth-order valence-electron chi connectivity index (χ4n) is 2.02. The van der Waals surface area contributed by atoms with Gasteiger partial charge in [0.2, 0.25) is 0 Å². The first-order valence-corrected chi connectivity index (χ1v) is 6.46. The topological polar surface area (TPSA) is 24.9 Å². The number of rotatable bonds is 4. The molecule has 1 aromatic heterocycles. The maximum atomic E-state index is 13.0. The van der Waals surface area contributed by atoms with Crippen molar-refractivity contribution in [2.75, 3.05) is 5.32 Å². The Labute approximate surface area is 119 Å². The lowest BCUT2D eigenvalue weighted by Gasteiger charge is -2.21. The summed E-state index contributed by atoms with van der Waals surface area (Å²) in [4.78, 5) is 3.92. The summed E-state index contributed by atoms with van der Waals surface area (Å²) in [6.07, 6.45) is -2.86. The van der Waals surface area contributed by atoms with Crippen molar-refractivity contribution < 1.29 is 17.6 Å². The highest BCUT2D eigenvalue weighted by molar-refractivity contribution is 5.53. The van der Waals surface area contributed by atoms with Crippen LogP contribution in [0.25, 0.3) is 0 Å². The van der Waals surface area contributed by atoms with Gasteiger partial charge in [0.1, 0.15) is 5.82 Å². The molecule has 1 atom stereocenters. The van der Waals surface area contributed by atoms with Crippen LogP contribution in [0.2, 0.25) is 0 Å². The van der Waals surface area contributed by atoms with Gasteiger partial charge >= 0.3 is 6.18 Å². The van der Waals surface area contributed by atoms with E-state index >= 15 is 0 Å². The number of alkyl halides is 3. The number of hydrogen-bond acceptors (Lipinski definition) is 2. The highest BCUT2D eigenvalue weighted by atomic mass is 19.4. The van der Waals surface area contributed by atoms with E-state index in [9.17, 15) is 17.6 Å². The summed E-state index contributed by atoms with van der Waals surface area (Å²) in [5.74, 6) is -0.482. The molecule has 2 rings (SSSR count). The molecule has 0 aliphatic heterocycles. The number of hydrogen-bond donors (Lipinski definition) is 1. The average molecular weight is 298 g/mol. The Morgan fingerprint density at radius 2 is 1.86 bits per heavy atom. The van der Waals surface area contributed by atoms with Crippen molar-refractivity contribution in [3.8, 4) is 0 Å². The van der Waals surface area contributed by atoms with E-state index in [0.29, 0.717) is 12.1 Å². The van der Waals surface area contributed by atoms with Crippen LogP contribution in [0, 0.1) is 5.82 Å². The molecule has 0 aliphatic carbocycles. The standard InChI is InChI=1S/C15H14F4N2/c1-2-12(14-8-7-10(16)9-20-14)21-13-6-4-3-5-11(13)15(17,18)19/h3-9,12,21H,2H2,1H3. The SMILES string of the molecule is CCC(Nc1ccccc1C(F)(F)F)c1ccc(F)cn1. The van der Waals surface area contributed by atoms with E-state index in [-0.39, 0.29) is 5.69 Å². The second-order valence-electron chi connectivity index (χ2n) is 4.55. The van der Waals surface area contributed by atoms with Gasteiger partial charge in [-0.25, -0.2) is 4.39 Å². The first-order valence-electron chi connectivity index (χ1n) is 6.46.